The van der Waals surface area contributed by atoms with Crippen LogP contribution in [0.15, 0.2) is 0 Å². The highest BCUT2D eigenvalue weighted by Crippen LogP contribution is 2.14. The summed E-state index contributed by atoms with van der Waals surface area (Å²) in [6.07, 6.45) is 2.88. The summed E-state index contributed by atoms with van der Waals surface area (Å²) in [4.78, 5) is 11.7. The van der Waals surface area contributed by atoms with Crippen molar-refractivity contribution in [2.45, 2.75) is 32.6 Å². The van der Waals surface area contributed by atoms with Crippen molar-refractivity contribution in [1.82, 2.24) is 5.32 Å². The van der Waals surface area contributed by atoms with Crippen LogP contribution in [0.25, 0.3) is 0 Å². The molecule has 0 aliphatic carbocycles. The number of hydrogen-bond acceptors (Lipinski definition) is 4. The Morgan fingerprint density at radius 2 is 2.19 bits per heavy atom. The third kappa shape index (κ3) is 4.61. The number of sulfone groups is 1. The van der Waals surface area contributed by atoms with Gasteiger partial charge in [-0.3, -0.25) is 4.79 Å². The highest BCUT2D eigenvalue weighted by molar-refractivity contribution is 7.91. The fourth-order valence-electron chi connectivity index (χ4n) is 1.94. The molecule has 0 radical (unpaired) electrons. The number of piperidine rings is 1. The van der Waals surface area contributed by atoms with Gasteiger partial charge in [0.2, 0.25) is 0 Å². The highest BCUT2D eigenvalue weighted by atomic mass is 32.2. The zero-order valence-corrected chi connectivity index (χ0v) is 10.7. The van der Waals surface area contributed by atoms with Crippen LogP contribution in [0.4, 0.5) is 0 Å². The smallest absolute Gasteiger partial charge is 0.150 e. The Labute approximate surface area is 97.7 Å². The third-order valence-electron chi connectivity index (χ3n) is 3.07. The molecule has 0 bridgehead atoms. The van der Waals surface area contributed by atoms with Crippen LogP contribution in [0.5, 0.6) is 0 Å². The summed E-state index contributed by atoms with van der Waals surface area (Å²) in [5.74, 6) is 0.651. The van der Waals surface area contributed by atoms with Gasteiger partial charge in [-0.2, -0.15) is 0 Å². The van der Waals surface area contributed by atoms with Crippen molar-refractivity contribution in [3.05, 3.63) is 0 Å². The van der Waals surface area contributed by atoms with E-state index in [9.17, 15) is 13.2 Å². The second-order valence-corrected chi connectivity index (χ2v) is 6.82. The van der Waals surface area contributed by atoms with Gasteiger partial charge in [0.05, 0.1) is 5.75 Å². The summed E-state index contributed by atoms with van der Waals surface area (Å²) in [5.41, 5.74) is 0. The van der Waals surface area contributed by atoms with Crippen LogP contribution in [-0.2, 0) is 14.6 Å². The van der Waals surface area contributed by atoms with Crippen molar-refractivity contribution in [2.75, 3.05) is 24.6 Å². The van der Waals surface area contributed by atoms with E-state index in [0.717, 1.165) is 25.9 Å². The lowest BCUT2D eigenvalue weighted by molar-refractivity contribution is -0.123. The van der Waals surface area contributed by atoms with Crippen LogP contribution >= 0.6 is 0 Å². The second kappa shape index (κ2) is 6.35. The summed E-state index contributed by atoms with van der Waals surface area (Å²) >= 11 is 0. The van der Waals surface area contributed by atoms with Gasteiger partial charge in [0.1, 0.15) is 15.6 Å². The van der Waals surface area contributed by atoms with Crippen molar-refractivity contribution in [2.24, 2.45) is 5.92 Å². The van der Waals surface area contributed by atoms with Crippen molar-refractivity contribution in [1.29, 1.82) is 0 Å². The maximum atomic E-state index is 11.7. The van der Waals surface area contributed by atoms with Crippen LogP contribution < -0.4 is 5.32 Å². The van der Waals surface area contributed by atoms with E-state index < -0.39 is 9.84 Å². The molecule has 1 saturated heterocycles. The molecule has 1 unspecified atom stereocenters. The minimum absolute atomic E-state index is 0.109. The quantitative estimate of drug-likeness (QED) is 0.753. The summed E-state index contributed by atoms with van der Waals surface area (Å²) in [6, 6.07) is 0. The van der Waals surface area contributed by atoms with Crippen molar-refractivity contribution in [3.8, 4) is 0 Å². The minimum Gasteiger partial charge on any atom is -0.316 e. The first-order valence-corrected chi connectivity index (χ1v) is 7.81. The van der Waals surface area contributed by atoms with Crippen LogP contribution in [-0.4, -0.2) is 38.8 Å². The molecule has 0 spiro atoms. The molecular formula is C11H21NO3S. The number of rotatable bonds is 6. The SMILES string of the molecule is CCS(=O)(=O)CCCC(=O)C1CCCNC1. The van der Waals surface area contributed by atoms with E-state index in [1.165, 1.54) is 0 Å². The largest absolute Gasteiger partial charge is 0.316 e. The molecule has 4 nitrogen and oxygen atoms in total. The Bertz CT molecular complexity index is 318. The normalized spacial score (nSPS) is 21.9. The molecule has 0 amide bonds. The van der Waals surface area contributed by atoms with E-state index >= 15 is 0 Å². The molecule has 1 heterocycles. The van der Waals surface area contributed by atoms with Gasteiger partial charge in [0.25, 0.3) is 0 Å². The number of carbonyl (C=O) groups is 1. The molecule has 0 aromatic rings. The average molecular weight is 247 g/mol. The van der Waals surface area contributed by atoms with Crippen LogP contribution in [0.2, 0.25) is 0 Å². The van der Waals surface area contributed by atoms with Gasteiger partial charge in [0.15, 0.2) is 0 Å². The van der Waals surface area contributed by atoms with E-state index in [2.05, 4.69) is 5.32 Å². The molecule has 1 fully saturated rings. The average Bonchev–Trinajstić information content (AvgIpc) is 2.30. The summed E-state index contributed by atoms with van der Waals surface area (Å²) < 4.78 is 22.5. The summed E-state index contributed by atoms with van der Waals surface area (Å²) in [7, 11) is -2.91. The van der Waals surface area contributed by atoms with E-state index in [-0.39, 0.29) is 23.2 Å². The van der Waals surface area contributed by atoms with Gasteiger partial charge in [-0.05, 0) is 25.8 Å². The van der Waals surface area contributed by atoms with E-state index in [1.54, 1.807) is 6.92 Å². The fraction of sp³-hybridized carbons (Fsp3) is 0.909. The Kier molecular flexibility index (Phi) is 5.41. The molecule has 0 saturated carbocycles. The molecule has 16 heavy (non-hydrogen) atoms. The molecule has 94 valence electrons. The maximum absolute atomic E-state index is 11.7. The van der Waals surface area contributed by atoms with Crippen molar-refractivity contribution < 1.29 is 13.2 Å². The molecule has 1 aliphatic heterocycles. The van der Waals surface area contributed by atoms with Crippen LogP contribution in [0.3, 0.4) is 0 Å². The minimum atomic E-state index is -2.91. The molecular weight excluding hydrogens is 226 g/mol. The van der Waals surface area contributed by atoms with Gasteiger partial charge in [-0.1, -0.05) is 6.92 Å². The lowest BCUT2D eigenvalue weighted by Crippen LogP contribution is -2.34. The first-order valence-electron chi connectivity index (χ1n) is 5.99. The molecule has 0 aromatic heterocycles. The van der Waals surface area contributed by atoms with Gasteiger partial charge >= 0.3 is 0 Å². The zero-order chi connectivity index (χ0) is 12.0. The fourth-order valence-corrected chi connectivity index (χ4v) is 2.81. The van der Waals surface area contributed by atoms with Gasteiger partial charge in [-0.25, -0.2) is 8.42 Å². The number of carbonyl (C=O) groups excluding carboxylic acids is 1. The molecule has 1 N–H and O–H groups in total. The van der Waals surface area contributed by atoms with Gasteiger partial charge < -0.3 is 5.32 Å². The lowest BCUT2D eigenvalue weighted by Gasteiger charge is -2.21. The first kappa shape index (κ1) is 13.6. The Morgan fingerprint density at radius 3 is 2.75 bits per heavy atom. The third-order valence-corrected chi connectivity index (χ3v) is 4.86. The molecule has 1 rings (SSSR count). The van der Waals surface area contributed by atoms with Crippen molar-refractivity contribution >= 4 is 15.6 Å². The Balaban J connectivity index is 2.24. The molecule has 0 aromatic carbocycles. The lowest BCUT2D eigenvalue weighted by atomic mass is 9.93. The summed E-state index contributed by atoms with van der Waals surface area (Å²) in [5, 5.41) is 3.19. The van der Waals surface area contributed by atoms with Gasteiger partial charge in [0, 0.05) is 24.6 Å². The first-order chi connectivity index (χ1) is 7.55. The molecule has 5 heteroatoms. The highest BCUT2D eigenvalue weighted by Gasteiger charge is 2.20. The maximum Gasteiger partial charge on any atom is 0.150 e. The Morgan fingerprint density at radius 1 is 1.44 bits per heavy atom. The Hall–Kier alpha value is -0.420. The summed E-state index contributed by atoms with van der Waals surface area (Å²) in [6.45, 7) is 3.40. The van der Waals surface area contributed by atoms with Crippen LogP contribution in [0.1, 0.15) is 32.6 Å². The second-order valence-electron chi connectivity index (χ2n) is 4.35. The molecule has 1 atom stereocenters. The van der Waals surface area contributed by atoms with Gasteiger partial charge in [-0.15, -0.1) is 0 Å². The number of Topliss-reactive ketones (excluding diaryl/α,β-unsaturated/α-hetero) is 1. The zero-order valence-electron chi connectivity index (χ0n) is 9.87. The number of hydrogen-bond donors (Lipinski definition) is 1. The standard InChI is InChI=1S/C11H21NO3S/c1-2-16(14,15)8-4-6-11(13)10-5-3-7-12-9-10/h10,12H,2-9H2,1H3. The monoisotopic (exact) mass is 247 g/mol. The van der Waals surface area contributed by atoms with E-state index in [1.807, 2.05) is 0 Å². The van der Waals surface area contributed by atoms with E-state index in [0.29, 0.717) is 12.8 Å². The predicted molar refractivity (Wildman–Crippen MR) is 64.2 cm³/mol. The predicted octanol–water partition coefficient (Wildman–Crippen LogP) is 0.770. The topological polar surface area (TPSA) is 63.2 Å². The number of ketones is 1. The van der Waals surface area contributed by atoms with Crippen molar-refractivity contribution in [3.63, 3.8) is 0 Å². The number of nitrogens with one attached hydrogen (secondary N) is 1. The molecule has 1 aliphatic rings. The van der Waals surface area contributed by atoms with Crippen LogP contribution in [0, 0.1) is 5.92 Å². The van der Waals surface area contributed by atoms with E-state index in [4.69, 9.17) is 0 Å².